The van der Waals surface area contributed by atoms with E-state index in [0.717, 1.165) is 36.4 Å². The molecule has 0 spiro atoms. The lowest BCUT2D eigenvalue weighted by atomic mass is 10.2. The lowest BCUT2D eigenvalue weighted by Crippen LogP contribution is -3.12. The van der Waals surface area contributed by atoms with Gasteiger partial charge >= 0.3 is 0 Å². The molecule has 1 aliphatic rings. The van der Waals surface area contributed by atoms with Crippen molar-refractivity contribution in [2.75, 3.05) is 39.0 Å². The molecule has 0 bridgehead atoms. The number of likely N-dealkylation sites (N-methyl/N-ethyl adjacent to an activating group) is 1. The molecule has 2 rings (SSSR count). The fraction of sp³-hybridized carbons (Fsp3) is 0.500. The number of thioether (sulfide) groups is 1. The van der Waals surface area contributed by atoms with E-state index in [4.69, 9.17) is 0 Å². The summed E-state index contributed by atoms with van der Waals surface area (Å²) in [4.78, 5) is 15.6. The van der Waals surface area contributed by atoms with Gasteiger partial charge in [0.25, 0.3) is 0 Å². The van der Waals surface area contributed by atoms with Crippen LogP contribution in [-0.4, -0.2) is 49.8 Å². The largest absolute Gasteiger partial charge is 0.334 e. The van der Waals surface area contributed by atoms with Gasteiger partial charge in [0, 0.05) is 10.2 Å². The van der Waals surface area contributed by atoms with Gasteiger partial charge in [0.2, 0.25) is 5.91 Å². The summed E-state index contributed by atoms with van der Waals surface area (Å²) in [6.07, 6.45) is 0. The number of nitrogens with zero attached hydrogens (tertiary/aromatic N) is 1. The van der Waals surface area contributed by atoms with Gasteiger partial charge in [-0.1, -0.05) is 28.1 Å². The lowest BCUT2D eigenvalue weighted by molar-refractivity contribution is -0.883. The molecule has 1 fully saturated rings. The van der Waals surface area contributed by atoms with Gasteiger partial charge in [-0.3, -0.25) is 4.79 Å². The van der Waals surface area contributed by atoms with Crippen LogP contribution in [0.5, 0.6) is 0 Å². The second-order valence-electron chi connectivity index (χ2n) is 4.96. The Morgan fingerprint density at radius 2 is 1.95 bits per heavy atom. The highest BCUT2D eigenvalue weighted by atomic mass is 79.9. The van der Waals surface area contributed by atoms with Crippen LogP contribution in [0.1, 0.15) is 5.56 Å². The minimum Gasteiger partial charge on any atom is -0.334 e. The highest BCUT2D eigenvalue weighted by Crippen LogP contribution is 2.16. The number of rotatable bonds is 4. The maximum absolute atomic E-state index is 12.0. The summed E-state index contributed by atoms with van der Waals surface area (Å²) in [5, 5.41) is 0. The molecule has 1 aromatic carbocycles. The number of amides is 1. The molecule has 5 heteroatoms. The molecule has 104 valence electrons. The first-order valence-electron chi connectivity index (χ1n) is 6.56. The summed E-state index contributed by atoms with van der Waals surface area (Å²) < 4.78 is 1.09. The molecule has 19 heavy (non-hydrogen) atoms. The molecule has 1 saturated heterocycles. The van der Waals surface area contributed by atoms with Gasteiger partial charge in [0.1, 0.15) is 0 Å². The molecule has 0 aliphatic carbocycles. The molecule has 0 unspecified atom stereocenters. The Morgan fingerprint density at radius 1 is 1.32 bits per heavy atom. The number of benzene rings is 1. The van der Waals surface area contributed by atoms with Crippen molar-refractivity contribution in [3.8, 4) is 0 Å². The average Bonchev–Trinajstić information content (AvgIpc) is 2.41. The van der Waals surface area contributed by atoms with Gasteiger partial charge in [-0.25, -0.2) is 0 Å². The third-order valence-corrected chi connectivity index (χ3v) is 4.89. The minimum absolute atomic E-state index is 0.287. The van der Waals surface area contributed by atoms with Gasteiger partial charge < -0.3 is 9.80 Å². The first-order chi connectivity index (χ1) is 9.15. The molecular weight excluding hydrogens is 324 g/mol. The number of halogens is 1. The van der Waals surface area contributed by atoms with Gasteiger partial charge in [-0.05, 0) is 17.7 Å². The van der Waals surface area contributed by atoms with Crippen LogP contribution in [0.4, 0.5) is 0 Å². The van der Waals surface area contributed by atoms with Crippen molar-refractivity contribution in [3.63, 3.8) is 0 Å². The van der Waals surface area contributed by atoms with E-state index in [1.807, 2.05) is 17.0 Å². The standard InChI is InChI=1S/C14H19BrN2OS/c1-16-6-8-17(9-7-16)14(18)11-19-10-12-2-4-13(15)5-3-12/h2-5H,6-11H2,1H3/p+1. The molecule has 1 amide bonds. The zero-order valence-electron chi connectivity index (χ0n) is 11.2. The fourth-order valence-electron chi connectivity index (χ4n) is 2.07. The summed E-state index contributed by atoms with van der Waals surface area (Å²) in [6, 6.07) is 8.28. The zero-order chi connectivity index (χ0) is 13.7. The average molecular weight is 344 g/mol. The summed E-state index contributed by atoms with van der Waals surface area (Å²) in [5.41, 5.74) is 1.27. The monoisotopic (exact) mass is 343 g/mol. The van der Waals surface area contributed by atoms with Crippen molar-refractivity contribution in [3.05, 3.63) is 34.3 Å². The van der Waals surface area contributed by atoms with Crippen LogP contribution in [0.15, 0.2) is 28.7 Å². The third kappa shape index (κ3) is 4.82. The third-order valence-electron chi connectivity index (χ3n) is 3.38. The van der Waals surface area contributed by atoms with Crippen molar-refractivity contribution in [1.82, 2.24) is 4.90 Å². The Hall–Kier alpha value is -0.520. The predicted molar refractivity (Wildman–Crippen MR) is 83.5 cm³/mol. The minimum atomic E-state index is 0.287. The summed E-state index contributed by atoms with van der Waals surface area (Å²) in [5.74, 6) is 1.78. The van der Waals surface area contributed by atoms with Gasteiger partial charge in [0.15, 0.2) is 0 Å². The quantitative estimate of drug-likeness (QED) is 0.883. The Balaban J connectivity index is 1.70. The molecule has 1 aromatic rings. The Morgan fingerprint density at radius 3 is 2.58 bits per heavy atom. The fourth-order valence-corrected chi connectivity index (χ4v) is 3.22. The van der Waals surface area contributed by atoms with Crippen molar-refractivity contribution >= 4 is 33.6 Å². The molecule has 1 aliphatic heterocycles. The van der Waals surface area contributed by atoms with Crippen LogP contribution >= 0.6 is 27.7 Å². The van der Waals surface area contributed by atoms with E-state index in [2.05, 4.69) is 35.1 Å². The maximum atomic E-state index is 12.0. The first-order valence-corrected chi connectivity index (χ1v) is 8.51. The summed E-state index contributed by atoms with van der Waals surface area (Å²) >= 11 is 5.13. The van der Waals surface area contributed by atoms with E-state index in [9.17, 15) is 4.79 Å². The molecule has 1 heterocycles. The van der Waals surface area contributed by atoms with E-state index in [1.165, 1.54) is 10.5 Å². The van der Waals surface area contributed by atoms with Gasteiger partial charge in [-0.2, -0.15) is 0 Å². The molecule has 1 N–H and O–H groups in total. The van der Waals surface area contributed by atoms with Crippen molar-refractivity contribution in [2.24, 2.45) is 0 Å². The number of quaternary nitrogens is 1. The molecule has 3 nitrogen and oxygen atoms in total. The molecule has 0 aromatic heterocycles. The summed E-state index contributed by atoms with van der Waals surface area (Å²) in [7, 11) is 2.18. The number of hydrogen-bond donors (Lipinski definition) is 1. The Kier molecular flexibility index (Phi) is 5.73. The van der Waals surface area contributed by atoms with Crippen LogP contribution in [0.2, 0.25) is 0 Å². The van der Waals surface area contributed by atoms with Crippen LogP contribution in [0, 0.1) is 0 Å². The van der Waals surface area contributed by atoms with Crippen molar-refractivity contribution in [2.45, 2.75) is 5.75 Å². The normalized spacial score (nSPS) is 16.6. The van der Waals surface area contributed by atoms with Crippen LogP contribution in [0.25, 0.3) is 0 Å². The smallest absolute Gasteiger partial charge is 0.232 e. The number of carbonyl (C=O) groups is 1. The van der Waals surface area contributed by atoms with Crippen LogP contribution in [0.3, 0.4) is 0 Å². The second-order valence-corrected chi connectivity index (χ2v) is 6.86. The van der Waals surface area contributed by atoms with Crippen LogP contribution < -0.4 is 4.90 Å². The predicted octanol–water partition coefficient (Wildman–Crippen LogP) is 1.04. The van der Waals surface area contributed by atoms with Crippen molar-refractivity contribution in [1.29, 1.82) is 0 Å². The molecular formula is C14H20BrN2OS+. The maximum Gasteiger partial charge on any atom is 0.232 e. The highest BCUT2D eigenvalue weighted by molar-refractivity contribution is 9.10. The summed E-state index contributed by atoms with van der Waals surface area (Å²) in [6.45, 7) is 3.96. The number of carbonyl (C=O) groups excluding carboxylic acids is 1. The SMILES string of the molecule is C[NH+]1CCN(C(=O)CSCc2ccc(Br)cc2)CC1. The topological polar surface area (TPSA) is 24.8 Å². The van der Waals surface area contributed by atoms with E-state index >= 15 is 0 Å². The van der Waals surface area contributed by atoms with E-state index in [-0.39, 0.29) is 5.91 Å². The number of hydrogen-bond acceptors (Lipinski definition) is 2. The number of piperazine rings is 1. The number of nitrogens with one attached hydrogen (secondary N) is 1. The van der Waals surface area contributed by atoms with Crippen LogP contribution in [-0.2, 0) is 10.5 Å². The van der Waals surface area contributed by atoms with Gasteiger partial charge in [0.05, 0.1) is 39.0 Å². The van der Waals surface area contributed by atoms with E-state index < -0.39 is 0 Å². The van der Waals surface area contributed by atoms with Crippen molar-refractivity contribution < 1.29 is 9.69 Å². The zero-order valence-corrected chi connectivity index (χ0v) is 13.6. The molecule has 0 radical (unpaired) electrons. The molecule has 0 saturated carbocycles. The van der Waals surface area contributed by atoms with E-state index in [1.54, 1.807) is 11.8 Å². The first kappa shape index (κ1) is 14.9. The second kappa shape index (κ2) is 7.31. The van der Waals surface area contributed by atoms with E-state index in [0.29, 0.717) is 5.75 Å². The Bertz CT molecular complexity index is 416. The Labute approximate surface area is 127 Å². The molecule has 0 atom stereocenters. The lowest BCUT2D eigenvalue weighted by Gasteiger charge is -2.30. The van der Waals surface area contributed by atoms with Gasteiger partial charge in [-0.15, -0.1) is 11.8 Å². The highest BCUT2D eigenvalue weighted by Gasteiger charge is 2.20.